The third-order valence-electron chi connectivity index (χ3n) is 4.64. The zero-order chi connectivity index (χ0) is 17.8. The van der Waals surface area contributed by atoms with Gasteiger partial charge in [0.25, 0.3) is 5.91 Å². The number of amides is 1. The maximum atomic E-state index is 12.4. The molecular formula is C21H23N3O. The fraction of sp³-hybridized carbons (Fsp3) is 0.333. The number of nitrogens with one attached hydrogen (secondary N) is 1. The van der Waals surface area contributed by atoms with Crippen molar-refractivity contribution in [2.45, 2.75) is 45.6 Å². The number of aromatic nitrogens is 1. The maximum absolute atomic E-state index is 12.4. The summed E-state index contributed by atoms with van der Waals surface area (Å²) in [6, 6.07) is 10.4. The highest BCUT2D eigenvalue weighted by atomic mass is 16.1. The van der Waals surface area contributed by atoms with Crippen LogP contribution in [0.4, 0.5) is 5.69 Å². The van der Waals surface area contributed by atoms with Gasteiger partial charge >= 0.3 is 0 Å². The van der Waals surface area contributed by atoms with E-state index in [9.17, 15) is 10.1 Å². The van der Waals surface area contributed by atoms with Gasteiger partial charge in [0.05, 0.1) is 0 Å². The van der Waals surface area contributed by atoms with Crippen LogP contribution in [0, 0.1) is 25.2 Å². The number of rotatable bonds is 4. The van der Waals surface area contributed by atoms with Crippen LogP contribution in [0.1, 0.15) is 48.4 Å². The van der Waals surface area contributed by atoms with Crippen molar-refractivity contribution in [1.29, 1.82) is 5.26 Å². The molecule has 1 heterocycles. The second kappa shape index (κ2) is 7.40. The third kappa shape index (κ3) is 4.19. The van der Waals surface area contributed by atoms with Crippen LogP contribution in [0.5, 0.6) is 0 Å². The first-order valence-corrected chi connectivity index (χ1v) is 8.74. The average Bonchev–Trinajstić information content (AvgIpc) is 3.22. The van der Waals surface area contributed by atoms with Crippen LogP contribution in [-0.2, 0) is 4.79 Å². The molecule has 0 aliphatic heterocycles. The van der Waals surface area contributed by atoms with Gasteiger partial charge in [-0.25, -0.2) is 0 Å². The van der Waals surface area contributed by atoms with Crippen molar-refractivity contribution in [2.24, 2.45) is 0 Å². The summed E-state index contributed by atoms with van der Waals surface area (Å²) in [6.45, 7) is 3.96. The highest BCUT2D eigenvalue weighted by Gasteiger charge is 2.16. The zero-order valence-electron chi connectivity index (χ0n) is 14.7. The first-order chi connectivity index (χ1) is 12.0. The fourth-order valence-corrected chi connectivity index (χ4v) is 3.51. The standard InChI is InChI=1S/C21H23N3O/c1-15-9-16(2)11-19(10-15)23-21(25)18(13-22)12-17-7-8-24(14-17)20-5-3-4-6-20/h7-12,14,20H,3-6H2,1-2H3,(H,23,25)/b18-12+. The number of aryl methyl sites for hydroxylation is 2. The normalized spacial score (nSPS) is 15.2. The number of nitriles is 1. The SMILES string of the molecule is Cc1cc(C)cc(NC(=O)/C(C#N)=C/c2ccn(C3CCCC3)c2)c1. The predicted octanol–water partition coefficient (Wildman–Crippen LogP) is 4.77. The summed E-state index contributed by atoms with van der Waals surface area (Å²) in [6.07, 6.45) is 10.7. The predicted molar refractivity (Wildman–Crippen MR) is 100 cm³/mol. The Bertz CT molecular complexity index is 828. The van der Waals surface area contributed by atoms with E-state index in [1.165, 1.54) is 25.7 Å². The molecule has 1 aromatic carbocycles. The molecule has 0 bridgehead atoms. The van der Waals surface area contributed by atoms with Crippen molar-refractivity contribution >= 4 is 17.7 Å². The van der Waals surface area contributed by atoms with E-state index >= 15 is 0 Å². The van der Waals surface area contributed by atoms with Gasteiger partial charge in [-0.15, -0.1) is 0 Å². The molecule has 3 rings (SSSR count). The van der Waals surface area contributed by atoms with E-state index in [1.807, 2.05) is 56.6 Å². The van der Waals surface area contributed by atoms with E-state index in [0.717, 1.165) is 16.7 Å². The second-order valence-electron chi connectivity index (χ2n) is 6.83. The Labute approximate surface area is 148 Å². The van der Waals surface area contributed by atoms with Crippen molar-refractivity contribution in [3.05, 3.63) is 58.9 Å². The van der Waals surface area contributed by atoms with Crippen LogP contribution >= 0.6 is 0 Å². The molecule has 1 amide bonds. The number of hydrogen-bond acceptors (Lipinski definition) is 2. The summed E-state index contributed by atoms with van der Waals surface area (Å²) in [5.74, 6) is -0.374. The van der Waals surface area contributed by atoms with Gasteiger partial charge in [-0.2, -0.15) is 5.26 Å². The van der Waals surface area contributed by atoms with Gasteiger partial charge in [0.15, 0.2) is 0 Å². The summed E-state index contributed by atoms with van der Waals surface area (Å²) in [7, 11) is 0. The van der Waals surface area contributed by atoms with Gasteiger partial charge in [-0.3, -0.25) is 4.79 Å². The molecule has 0 atom stereocenters. The molecule has 1 N–H and O–H groups in total. The van der Waals surface area contributed by atoms with Crippen molar-refractivity contribution in [1.82, 2.24) is 4.57 Å². The fourth-order valence-electron chi connectivity index (χ4n) is 3.51. The molecule has 4 nitrogen and oxygen atoms in total. The summed E-state index contributed by atoms with van der Waals surface area (Å²) >= 11 is 0. The summed E-state index contributed by atoms with van der Waals surface area (Å²) in [5, 5.41) is 12.2. The van der Waals surface area contributed by atoms with Gasteiger partial charge in [0.2, 0.25) is 0 Å². The van der Waals surface area contributed by atoms with Crippen molar-refractivity contribution < 1.29 is 4.79 Å². The minimum atomic E-state index is -0.374. The van der Waals surface area contributed by atoms with Crippen LogP contribution in [0.2, 0.25) is 0 Å². The largest absolute Gasteiger partial charge is 0.351 e. The van der Waals surface area contributed by atoms with Crippen LogP contribution in [0.3, 0.4) is 0 Å². The number of anilines is 1. The molecule has 1 aromatic heterocycles. The monoisotopic (exact) mass is 333 g/mol. The molecule has 0 saturated heterocycles. The molecule has 4 heteroatoms. The zero-order valence-corrected chi connectivity index (χ0v) is 14.7. The van der Waals surface area contributed by atoms with E-state index in [0.29, 0.717) is 11.7 Å². The number of nitrogens with zero attached hydrogens (tertiary/aromatic N) is 2. The van der Waals surface area contributed by atoms with E-state index in [2.05, 4.69) is 9.88 Å². The maximum Gasteiger partial charge on any atom is 0.266 e. The lowest BCUT2D eigenvalue weighted by Crippen LogP contribution is -2.13. The Hall–Kier alpha value is -2.80. The lowest BCUT2D eigenvalue weighted by Gasteiger charge is -2.10. The number of hydrogen-bond donors (Lipinski definition) is 1. The summed E-state index contributed by atoms with van der Waals surface area (Å²) in [4.78, 5) is 12.4. The highest BCUT2D eigenvalue weighted by molar-refractivity contribution is 6.09. The van der Waals surface area contributed by atoms with Gasteiger partial charge in [0, 0.05) is 24.1 Å². The first-order valence-electron chi connectivity index (χ1n) is 8.74. The summed E-state index contributed by atoms with van der Waals surface area (Å²) in [5.41, 5.74) is 3.87. The molecular weight excluding hydrogens is 310 g/mol. The molecule has 128 valence electrons. The van der Waals surface area contributed by atoms with Gasteiger partial charge < -0.3 is 9.88 Å². The molecule has 25 heavy (non-hydrogen) atoms. The molecule has 1 aliphatic carbocycles. The molecule has 0 spiro atoms. The van der Waals surface area contributed by atoms with Crippen molar-refractivity contribution in [3.63, 3.8) is 0 Å². The van der Waals surface area contributed by atoms with E-state index < -0.39 is 0 Å². The van der Waals surface area contributed by atoms with Crippen molar-refractivity contribution in [3.8, 4) is 6.07 Å². The van der Waals surface area contributed by atoms with Crippen LogP contribution in [0.15, 0.2) is 42.2 Å². The van der Waals surface area contributed by atoms with Crippen LogP contribution < -0.4 is 5.32 Å². The quantitative estimate of drug-likeness (QED) is 0.647. The Balaban J connectivity index is 1.75. The average molecular weight is 333 g/mol. The Kier molecular flexibility index (Phi) is 5.04. The molecule has 2 aromatic rings. The van der Waals surface area contributed by atoms with E-state index in [1.54, 1.807) is 6.08 Å². The number of carbonyl (C=O) groups excluding carboxylic acids is 1. The lowest BCUT2D eigenvalue weighted by atomic mass is 10.1. The summed E-state index contributed by atoms with van der Waals surface area (Å²) < 4.78 is 2.20. The molecule has 0 radical (unpaired) electrons. The second-order valence-corrected chi connectivity index (χ2v) is 6.83. The Morgan fingerprint density at radius 2 is 1.92 bits per heavy atom. The Morgan fingerprint density at radius 1 is 1.24 bits per heavy atom. The van der Waals surface area contributed by atoms with Crippen LogP contribution in [0.25, 0.3) is 6.08 Å². The minimum Gasteiger partial charge on any atom is -0.351 e. The minimum absolute atomic E-state index is 0.114. The highest BCUT2D eigenvalue weighted by Crippen LogP contribution is 2.30. The van der Waals surface area contributed by atoms with E-state index in [4.69, 9.17) is 0 Å². The van der Waals surface area contributed by atoms with E-state index in [-0.39, 0.29) is 11.5 Å². The first kappa shape index (κ1) is 17.0. The molecule has 1 saturated carbocycles. The number of carbonyl (C=O) groups is 1. The number of benzene rings is 1. The topological polar surface area (TPSA) is 57.8 Å². The van der Waals surface area contributed by atoms with Crippen LogP contribution in [-0.4, -0.2) is 10.5 Å². The Morgan fingerprint density at radius 3 is 2.56 bits per heavy atom. The van der Waals surface area contributed by atoms with Crippen molar-refractivity contribution in [2.75, 3.05) is 5.32 Å². The molecule has 0 unspecified atom stereocenters. The third-order valence-corrected chi connectivity index (χ3v) is 4.64. The van der Waals surface area contributed by atoms with Gasteiger partial charge in [-0.05, 0) is 67.7 Å². The van der Waals surface area contributed by atoms with Gasteiger partial charge in [-0.1, -0.05) is 18.9 Å². The molecule has 1 aliphatic rings. The lowest BCUT2D eigenvalue weighted by molar-refractivity contribution is -0.112. The molecule has 1 fully saturated rings. The smallest absolute Gasteiger partial charge is 0.266 e. The van der Waals surface area contributed by atoms with Gasteiger partial charge in [0.1, 0.15) is 11.6 Å².